The van der Waals surface area contributed by atoms with E-state index in [0.717, 1.165) is 6.42 Å². The van der Waals surface area contributed by atoms with Crippen LogP contribution in [0.1, 0.15) is 19.8 Å². The van der Waals surface area contributed by atoms with Crippen LogP contribution in [0.2, 0.25) is 0 Å². The van der Waals surface area contributed by atoms with Crippen LogP contribution >= 0.6 is 0 Å². The van der Waals surface area contributed by atoms with Crippen molar-refractivity contribution < 1.29 is 5.11 Å². The predicted octanol–water partition coefficient (Wildman–Crippen LogP) is 2.29. The lowest BCUT2D eigenvalue weighted by atomic mass is 10.3. The molecule has 0 rings (SSSR count). The van der Waals surface area contributed by atoms with Crippen LogP contribution in [0.4, 0.5) is 0 Å². The molecule has 0 fully saturated rings. The standard InChI is InChI=1S/C7H11O/c1-3-4-5-6-7(2)8/h3-4H,2,5-6H2,1H3/b4-3+. The summed E-state index contributed by atoms with van der Waals surface area (Å²) in [5.74, 6) is 0.0168. The van der Waals surface area contributed by atoms with Crippen molar-refractivity contribution in [2.24, 2.45) is 0 Å². The predicted molar refractivity (Wildman–Crippen MR) is 33.9 cm³/mol. The molecule has 0 atom stereocenters. The van der Waals surface area contributed by atoms with Crippen molar-refractivity contribution in [1.29, 1.82) is 0 Å². The first-order chi connectivity index (χ1) is 3.77. The topological polar surface area (TPSA) is 19.9 Å². The van der Waals surface area contributed by atoms with Gasteiger partial charge in [-0.2, -0.15) is 0 Å². The summed E-state index contributed by atoms with van der Waals surface area (Å²) >= 11 is 0. The SMILES string of the molecule is C=C([O])CC/C=C/C. The minimum atomic E-state index is 0.0168. The normalized spacial score (nSPS) is 10.1. The van der Waals surface area contributed by atoms with Gasteiger partial charge in [-0.1, -0.05) is 18.7 Å². The van der Waals surface area contributed by atoms with Gasteiger partial charge in [-0.15, -0.1) is 0 Å². The molecule has 0 unspecified atom stereocenters. The van der Waals surface area contributed by atoms with Crippen molar-refractivity contribution in [2.45, 2.75) is 19.8 Å². The minimum absolute atomic E-state index is 0.0168. The van der Waals surface area contributed by atoms with E-state index < -0.39 is 0 Å². The van der Waals surface area contributed by atoms with Crippen LogP contribution in [0.3, 0.4) is 0 Å². The zero-order chi connectivity index (χ0) is 6.41. The van der Waals surface area contributed by atoms with E-state index in [1.165, 1.54) is 0 Å². The van der Waals surface area contributed by atoms with E-state index in [9.17, 15) is 5.11 Å². The van der Waals surface area contributed by atoms with E-state index in [-0.39, 0.29) is 5.76 Å². The summed E-state index contributed by atoms with van der Waals surface area (Å²) in [7, 11) is 0. The summed E-state index contributed by atoms with van der Waals surface area (Å²) in [6.45, 7) is 5.18. The molecule has 0 bridgehead atoms. The highest BCUT2D eigenvalue weighted by molar-refractivity contribution is 4.85. The van der Waals surface area contributed by atoms with Crippen LogP contribution in [0.15, 0.2) is 24.5 Å². The van der Waals surface area contributed by atoms with Gasteiger partial charge in [-0.3, -0.25) is 5.11 Å². The lowest BCUT2D eigenvalue weighted by Gasteiger charge is -1.85. The molecule has 8 heavy (non-hydrogen) atoms. The summed E-state index contributed by atoms with van der Waals surface area (Å²) in [5.41, 5.74) is 0. The molecule has 0 aromatic rings. The Bertz CT molecular complexity index is 92.6. The van der Waals surface area contributed by atoms with E-state index in [1.807, 2.05) is 19.1 Å². The van der Waals surface area contributed by atoms with Gasteiger partial charge < -0.3 is 0 Å². The van der Waals surface area contributed by atoms with Crippen LogP contribution in [-0.4, -0.2) is 0 Å². The lowest BCUT2D eigenvalue weighted by molar-refractivity contribution is 0.284. The van der Waals surface area contributed by atoms with E-state index >= 15 is 0 Å². The Morgan fingerprint density at radius 3 is 2.75 bits per heavy atom. The second-order valence-corrected chi connectivity index (χ2v) is 1.65. The van der Waals surface area contributed by atoms with Gasteiger partial charge in [0, 0.05) is 6.42 Å². The molecule has 0 aromatic carbocycles. The molecule has 0 spiro atoms. The number of allylic oxidation sites excluding steroid dienone is 3. The molecule has 0 aliphatic heterocycles. The first-order valence-electron chi connectivity index (χ1n) is 2.73. The molecule has 0 saturated heterocycles. The Hall–Kier alpha value is -0.720. The maximum atomic E-state index is 10.2. The van der Waals surface area contributed by atoms with Crippen molar-refractivity contribution in [1.82, 2.24) is 0 Å². The fourth-order valence-corrected chi connectivity index (χ4v) is 0.411. The van der Waals surface area contributed by atoms with Crippen molar-refractivity contribution >= 4 is 0 Å². The number of hydrogen-bond acceptors (Lipinski definition) is 0. The third-order valence-electron chi connectivity index (χ3n) is 0.826. The summed E-state index contributed by atoms with van der Waals surface area (Å²) in [6.07, 6.45) is 5.30. The summed E-state index contributed by atoms with van der Waals surface area (Å²) in [6, 6.07) is 0. The molecule has 0 aromatic heterocycles. The Kier molecular flexibility index (Phi) is 4.04. The fraction of sp³-hybridized carbons (Fsp3) is 0.429. The molecule has 0 heterocycles. The Morgan fingerprint density at radius 2 is 2.38 bits per heavy atom. The molecule has 1 heteroatoms. The van der Waals surface area contributed by atoms with Crippen molar-refractivity contribution in [3.05, 3.63) is 24.5 Å². The Balaban J connectivity index is 3.05. The van der Waals surface area contributed by atoms with Crippen molar-refractivity contribution in [3.8, 4) is 0 Å². The second-order valence-electron chi connectivity index (χ2n) is 1.65. The van der Waals surface area contributed by atoms with Gasteiger partial charge in [0.25, 0.3) is 0 Å². The maximum absolute atomic E-state index is 10.2. The zero-order valence-corrected chi connectivity index (χ0v) is 5.18. The third-order valence-corrected chi connectivity index (χ3v) is 0.826. The quantitative estimate of drug-likeness (QED) is 0.393. The highest BCUT2D eigenvalue weighted by Crippen LogP contribution is 1.98. The minimum Gasteiger partial charge on any atom is -0.296 e. The van der Waals surface area contributed by atoms with E-state index in [2.05, 4.69) is 6.58 Å². The van der Waals surface area contributed by atoms with Crippen LogP contribution in [0.5, 0.6) is 0 Å². The average Bonchev–Trinajstić information content (AvgIpc) is 1.66. The summed E-state index contributed by atoms with van der Waals surface area (Å²) < 4.78 is 0. The van der Waals surface area contributed by atoms with E-state index in [1.54, 1.807) is 0 Å². The molecule has 0 aliphatic carbocycles. The summed E-state index contributed by atoms with van der Waals surface area (Å²) in [5, 5.41) is 10.2. The van der Waals surface area contributed by atoms with Gasteiger partial charge in [0.1, 0.15) is 5.76 Å². The molecule has 0 amide bonds. The molecule has 0 saturated carbocycles. The highest BCUT2D eigenvalue weighted by Gasteiger charge is 1.85. The van der Waals surface area contributed by atoms with E-state index in [4.69, 9.17) is 0 Å². The fourth-order valence-electron chi connectivity index (χ4n) is 0.411. The van der Waals surface area contributed by atoms with Crippen molar-refractivity contribution in [2.75, 3.05) is 0 Å². The maximum Gasteiger partial charge on any atom is 0.148 e. The van der Waals surface area contributed by atoms with Gasteiger partial charge in [0.05, 0.1) is 0 Å². The molecule has 45 valence electrons. The van der Waals surface area contributed by atoms with Gasteiger partial charge in [0.2, 0.25) is 0 Å². The average molecular weight is 111 g/mol. The van der Waals surface area contributed by atoms with E-state index in [0.29, 0.717) is 6.42 Å². The van der Waals surface area contributed by atoms with Crippen molar-refractivity contribution in [3.63, 3.8) is 0 Å². The molecule has 0 N–H and O–H groups in total. The smallest absolute Gasteiger partial charge is 0.148 e. The highest BCUT2D eigenvalue weighted by atomic mass is 16.3. The van der Waals surface area contributed by atoms with Gasteiger partial charge in [-0.25, -0.2) is 0 Å². The molecular formula is C7H11O. The van der Waals surface area contributed by atoms with Crippen LogP contribution in [0.25, 0.3) is 0 Å². The van der Waals surface area contributed by atoms with Crippen LogP contribution in [-0.2, 0) is 5.11 Å². The number of rotatable bonds is 3. The molecule has 1 nitrogen and oxygen atoms in total. The monoisotopic (exact) mass is 111 g/mol. The zero-order valence-electron chi connectivity index (χ0n) is 5.18. The first kappa shape index (κ1) is 7.28. The van der Waals surface area contributed by atoms with Gasteiger partial charge >= 0.3 is 0 Å². The lowest BCUT2D eigenvalue weighted by Crippen LogP contribution is -1.72. The molecule has 0 aliphatic rings. The second kappa shape index (κ2) is 4.44. The Morgan fingerprint density at radius 1 is 1.75 bits per heavy atom. The third kappa shape index (κ3) is 5.28. The van der Waals surface area contributed by atoms with Gasteiger partial charge in [0.15, 0.2) is 0 Å². The van der Waals surface area contributed by atoms with Crippen LogP contribution < -0.4 is 0 Å². The summed E-state index contributed by atoms with van der Waals surface area (Å²) in [4.78, 5) is 0. The van der Waals surface area contributed by atoms with Gasteiger partial charge in [-0.05, 0) is 13.3 Å². The largest absolute Gasteiger partial charge is 0.296 e. The molecular weight excluding hydrogens is 100 g/mol. The number of hydrogen-bond donors (Lipinski definition) is 0. The molecule has 1 radical (unpaired) electrons. The van der Waals surface area contributed by atoms with Crippen LogP contribution in [0, 0.1) is 0 Å². The first-order valence-corrected chi connectivity index (χ1v) is 2.73. The Labute approximate surface area is 50.3 Å².